The Morgan fingerprint density at radius 1 is 1.17 bits per heavy atom. The fourth-order valence-corrected chi connectivity index (χ4v) is 5.67. The van der Waals surface area contributed by atoms with E-state index in [2.05, 4.69) is 48.4 Å². The number of carboxylic acid groups (broad SMARTS) is 1. The minimum atomic E-state index is -1.09. The molecule has 7 heteroatoms. The molecule has 1 aromatic heterocycles. The largest absolute Gasteiger partial charge is 1.00 e. The van der Waals surface area contributed by atoms with Gasteiger partial charge in [0.05, 0.1) is 5.69 Å². The van der Waals surface area contributed by atoms with Crippen LogP contribution in [0.15, 0.2) is 29.6 Å². The summed E-state index contributed by atoms with van der Waals surface area (Å²) in [7, 11) is 0. The summed E-state index contributed by atoms with van der Waals surface area (Å²) in [6, 6.07) is 8.35. The molecule has 4 unspecified atom stereocenters. The Labute approximate surface area is 197 Å². The molecule has 2 aromatic rings. The maximum atomic E-state index is 12.8. The van der Waals surface area contributed by atoms with Crippen LogP contribution in [0.4, 0.5) is 5.13 Å². The average Bonchev–Trinajstić information content (AvgIpc) is 3.37. The predicted molar refractivity (Wildman–Crippen MR) is 108 cm³/mol. The van der Waals surface area contributed by atoms with Crippen LogP contribution in [-0.2, 0) is 16.0 Å². The Morgan fingerprint density at radius 3 is 2.45 bits per heavy atom. The van der Waals surface area contributed by atoms with Gasteiger partial charge in [-0.3, -0.25) is 4.79 Å². The van der Waals surface area contributed by atoms with Crippen molar-refractivity contribution in [2.75, 3.05) is 5.32 Å². The number of anilines is 1. The molecule has 1 aromatic carbocycles. The third-order valence-electron chi connectivity index (χ3n) is 6.12. The van der Waals surface area contributed by atoms with Crippen molar-refractivity contribution < 1.29 is 44.3 Å². The molecular formula is C22H25N2NaO3S. The summed E-state index contributed by atoms with van der Waals surface area (Å²) in [6.07, 6.45) is 3.68. The van der Waals surface area contributed by atoms with E-state index >= 15 is 0 Å². The number of rotatable bonds is 6. The summed E-state index contributed by atoms with van der Waals surface area (Å²) < 4.78 is 0. The standard InChI is InChI=1S/C22H26N2O3S.Na/c1-12(2)9-13-3-5-14(6-4-13)17-11-28-22(23-17)24-20(25)18-15-7-8-16(10-15)19(18)21(26)27;/h3-6,11-12,15-16,18-19H,7-10H2,1-2H3,(H,26,27)(H,23,24,25);/q;+1/p-1. The number of nitrogens with one attached hydrogen (secondary N) is 1. The van der Waals surface area contributed by atoms with E-state index < -0.39 is 17.8 Å². The van der Waals surface area contributed by atoms with Crippen LogP contribution >= 0.6 is 11.3 Å². The quantitative estimate of drug-likeness (QED) is 0.685. The van der Waals surface area contributed by atoms with Gasteiger partial charge in [-0.2, -0.15) is 0 Å². The maximum absolute atomic E-state index is 12.8. The van der Waals surface area contributed by atoms with Crippen molar-refractivity contribution in [3.63, 3.8) is 0 Å². The van der Waals surface area contributed by atoms with Crippen LogP contribution in [0, 0.1) is 29.6 Å². The third-order valence-corrected chi connectivity index (χ3v) is 6.88. The molecule has 2 aliphatic rings. The Balaban J connectivity index is 0.00000240. The van der Waals surface area contributed by atoms with E-state index in [1.807, 2.05) is 5.38 Å². The van der Waals surface area contributed by atoms with Crippen LogP contribution in [-0.4, -0.2) is 16.9 Å². The van der Waals surface area contributed by atoms with Crippen molar-refractivity contribution in [3.8, 4) is 11.3 Å². The van der Waals surface area contributed by atoms with Crippen LogP contribution in [0.3, 0.4) is 0 Å². The van der Waals surface area contributed by atoms with Gasteiger partial charge in [-0.1, -0.05) is 38.1 Å². The molecule has 4 rings (SSSR count). The first-order chi connectivity index (χ1) is 13.4. The number of thiazole rings is 1. The average molecular weight is 421 g/mol. The van der Waals surface area contributed by atoms with E-state index in [-0.39, 0.29) is 47.3 Å². The summed E-state index contributed by atoms with van der Waals surface area (Å²) in [4.78, 5) is 28.9. The fraction of sp³-hybridized carbons (Fsp3) is 0.500. The Kier molecular flexibility index (Phi) is 7.20. The molecular weight excluding hydrogens is 395 g/mol. The van der Waals surface area contributed by atoms with Crippen LogP contribution < -0.4 is 40.0 Å². The van der Waals surface area contributed by atoms with Crippen molar-refractivity contribution in [2.24, 2.45) is 29.6 Å². The van der Waals surface area contributed by atoms with Crippen molar-refractivity contribution in [1.29, 1.82) is 0 Å². The number of hydrogen-bond donors (Lipinski definition) is 1. The second-order valence-electron chi connectivity index (χ2n) is 8.53. The van der Waals surface area contributed by atoms with Crippen molar-refractivity contribution in [3.05, 3.63) is 35.2 Å². The van der Waals surface area contributed by atoms with Crippen molar-refractivity contribution in [1.82, 2.24) is 4.98 Å². The number of amides is 1. The van der Waals surface area contributed by atoms with Gasteiger partial charge in [0.25, 0.3) is 0 Å². The molecule has 0 radical (unpaired) electrons. The third kappa shape index (κ3) is 4.76. The van der Waals surface area contributed by atoms with Crippen molar-refractivity contribution in [2.45, 2.75) is 39.5 Å². The second kappa shape index (κ2) is 9.29. The number of carbonyl (C=O) groups is 2. The zero-order valence-corrected chi connectivity index (χ0v) is 20.0. The van der Waals surface area contributed by atoms with Crippen LogP contribution in [0.25, 0.3) is 11.3 Å². The van der Waals surface area contributed by atoms with Gasteiger partial charge in [0.15, 0.2) is 5.13 Å². The predicted octanol–water partition coefficient (Wildman–Crippen LogP) is 0.363. The molecule has 0 spiro atoms. The van der Waals surface area contributed by atoms with E-state index in [0.717, 1.165) is 36.9 Å². The number of hydrogen-bond acceptors (Lipinski definition) is 5. The number of aromatic nitrogens is 1. The van der Waals surface area contributed by atoms with Gasteiger partial charge in [0, 0.05) is 28.7 Å². The normalized spacial score (nSPS) is 25.1. The van der Waals surface area contributed by atoms with Crippen LogP contribution in [0.2, 0.25) is 0 Å². The van der Waals surface area contributed by atoms with Gasteiger partial charge in [-0.05, 0) is 49.0 Å². The van der Waals surface area contributed by atoms with E-state index in [0.29, 0.717) is 11.0 Å². The van der Waals surface area contributed by atoms with Gasteiger partial charge < -0.3 is 15.2 Å². The molecule has 4 atom stereocenters. The second-order valence-corrected chi connectivity index (χ2v) is 9.38. The molecule has 1 heterocycles. The number of benzene rings is 1. The molecule has 5 nitrogen and oxygen atoms in total. The molecule has 1 amide bonds. The number of carbonyl (C=O) groups excluding carboxylic acids is 2. The SMILES string of the molecule is CC(C)Cc1ccc(-c2csc(NC(=O)C3C4CCC(C4)C3C(=O)[O-])n2)cc1.[Na+]. The van der Waals surface area contributed by atoms with Gasteiger partial charge >= 0.3 is 29.6 Å². The molecule has 2 bridgehead atoms. The summed E-state index contributed by atoms with van der Waals surface area (Å²) in [5, 5.41) is 16.8. The zero-order valence-electron chi connectivity index (χ0n) is 17.2. The zero-order chi connectivity index (χ0) is 19.8. The van der Waals surface area contributed by atoms with Gasteiger partial charge in [-0.25, -0.2) is 4.98 Å². The molecule has 2 fully saturated rings. The first-order valence-electron chi connectivity index (χ1n) is 9.99. The molecule has 2 saturated carbocycles. The van der Waals surface area contributed by atoms with E-state index in [1.54, 1.807) is 0 Å². The minimum Gasteiger partial charge on any atom is -0.550 e. The van der Waals surface area contributed by atoms with E-state index in [9.17, 15) is 14.7 Å². The molecule has 0 saturated heterocycles. The van der Waals surface area contributed by atoms with Gasteiger partial charge in [0.2, 0.25) is 5.91 Å². The molecule has 148 valence electrons. The number of aliphatic carboxylic acids is 1. The van der Waals surface area contributed by atoms with Crippen molar-refractivity contribution >= 4 is 28.3 Å². The number of nitrogens with zero attached hydrogens (tertiary/aromatic N) is 1. The Morgan fingerprint density at radius 2 is 1.83 bits per heavy atom. The summed E-state index contributed by atoms with van der Waals surface area (Å²) in [5.74, 6) is -1.62. The van der Waals surface area contributed by atoms with Crippen LogP contribution in [0.1, 0.15) is 38.7 Å². The van der Waals surface area contributed by atoms with Gasteiger partial charge in [0.1, 0.15) is 0 Å². The topological polar surface area (TPSA) is 82.1 Å². The molecule has 1 N–H and O–H groups in total. The van der Waals surface area contributed by atoms with Crippen LogP contribution in [0.5, 0.6) is 0 Å². The monoisotopic (exact) mass is 420 g/mol. The molecule has 2 aliphatic carbocycles. The fourth-order valence-electron chi connectivity index (χ4n) is 4.94. The Hall–Kier alpha value is -1.21. The number of fused-ring (bicyclic) bond motifs is 2. The number of carboxylic acids is 1. The molecule has 29 heavy (non-hydrogen) atoms. The first-order valence-corrected chi connectivity index (χ1v) is 10.9. The molecule has 0 aliphatic heterocycles. The van der Waals surface area contributed by atoms with Gasteiger partial charge in [-0.15, -0.1) is 11.3 Å². The maximum Gasteiger partial charge on any atom is 1.00 e. The van der Waals surface area contributed by atoms with E-state index in [4.69, 9.17) is 0 Å². The first kappa shape index (κ1) is 22.5. The Bertz CT molecular complexity index is 880. The van der Waals surface area contributed by atoms with E-state index in [1.165, 1.54) is 16.9 Å². The smallest absolute Gasteiger partial charge is 0.550 e. The minimum absolute atomic E-state index is 0. The summed E-state index contributed by atoms with van der Waals surface area (Å²) in [6.45, 7) is 4.40. The summed E-state index contributed by atoms with van der Waals surface area (Å²) in [5.41, 5.74) is 3.13. The summed E-state index contributed by atoms with van der Waals surface area (Å²) >= 11 is 1.37.